The summed E-state index contributed by atoms with van der Waals surface area (Å²) in [6.07, 6.45) is -1.69. The summed E-state index contributed by atoms with van der Waals surface area (Å²) >= 11 is 0. The highest BCUT2D eigenvalue weighted by molar-refractivity contribution is 7.91. The summed E-state index contributed by atoms with van der Waals surface area (Å²) in [4.78, 5) is 19.5. The normalized spacial score (nSPS) is 20.7. The second kappa shape index (κ2) is 9.89. The van der Waals surface area contributed by atoms with Gasteiger partial charge in [-0.1, -0.05) is 26.0 Å². The molecule has 3 heterocycles. The molecule has 0 spiro atoms. The number of nitrogens with one attached hydrogen (secondary N) is 1. The van der Waals surface area contributed by atoms with Crippen molar-refractivity contribution < 1.29 is 26.4 Å². The van der Waals surface area contributed by atoms with Crippen molar-refractivity contribution in [3.05, 3.63) is 64.5 Å². The summed E-state index contributed by atoms with van der Waals surface area (Å²) in [6.45, 7) is 5.61. The molecule has 0 unspecified atom stereocenters. The van der Waals surface area contributed by atoms with Gasteiger partial charge in [0.15, 0.2) is 0 Å². The molecule has 1 saturated heterocycles. The third-order valence-corrected chi connectivity index (χ3v) is 8.55. The number of amides is 1. The maximum Gasteiger partial charge on any atom is 0.416 e. The van der Waals surface area contributed by atoms with Crippen molar-refractivity contribution in [1.82, 2.24) is 15.2 Å². The van der Waals surface area contributed by atoms with Gasteiger partial charge in [-0.05, 0) is 54.0 Å². The predicted octanol–water partition coefficient (Wildman–Crippen LogP) is 4.37. The van der Waals surface area contributed by atoms with Crippen LogP contribution in [0.15, 0.2) is 36.5 Å². The van der Waals surface area contributed by atoms with Crippen molar-refractivity contribution >= 4 is 15.7 Å². The Morgan fingerprint density at radius 3 is 2.43 bits per heavy atom. The molecule has 2 aromatic rings. The van der Waals surface area contributed by atoms with Gasteiger partial charge in [0.1, 0.15) is 9.84 Å². The number of carbonyl (C=O) groups is 1. The fourth-order valence-electron chi connectivity index (χ4n) is 4.94. The molecule has 0 saturated carbocycles. The van der Waals surface area contributed by atoms with Gasteiger partial charge in [0.2, 0.25) is 0 Å². The molecule has 1 aromatic carbocycles. The lowest BCUT2D eigenvalue weighted by atomic mass is 9.99. The molecular formula is C25H30F3N3O3S. The van der Waals surface area contributed by atoms with Gasteiger partial charge in [0, 0.05) is 25.8 Å². The first-order chi connectivity index (χ1) is 16.4. The first-order valence-electron chi connectivity index (χ1n) is 11.8. The van der Waals surface area contributed by atoms with Crippen LogP contribution in [0.3, 0.4) is 0 Å². The standard InChI is InChI=1S/C25H30F3N3O3S/c1-16(2)23-22-20(15-31(23)14-18-3-5-21(6-4-18)25(26,27)28)11-19(13-29-22)24(32)30-12-17-7-9-35(33,34)10-8-17/h3-6,11,13,16-17,23H,7-10,12,14-15H2,1-2H3,(H,30,32)/t23-/m0/s1. The zero-order valence-electron chi connectivity index (χ0n) is 19.8. The Balaban J connectivity index is 1.43. The van der Waals surface area contributed by atoms with Crippen molar-refractivity contribution in [1.29, 1.82) is 0 Å². The second-order valence-corrected chi connectivity index (χ2v) is 12.2. The number of pyridine rings is 1. The van der Waals surface area contributed by atoms with Crippen LogP contribution in [-0.4, -0.2) is 42.3 Å². The molecule has 190 valence electrons. The molecule has 35 heavy (non-hydrogen) atoms. The summed E-state index contributed by atoms with van der Waals surface area (Å²) < 4.78 is 61.9. The third kappa shape index (κ3) is 6.03. The van der Waals surface area contributed by atoms with E-state index in [4.69, 9.17) is 0 Å². The predicted molar refractivity (Wildman–Crippen MR) is 126 cm³/mol. The van der Waals surface area contributed by atoms with Crippen LogP contribution >= 0.6 is 0 Å². The van der Waals surface area contributed by atoms with Crippen LogP contribution in [-0.2, 0) is 29.1 Å². The molecule has 0 radical (unpaired) electrons. The highest BCUT2D eigenvalue weighted by atomic mass is 32.2. The number of aromatic nitrogens is 1. The van der Waals surface area contributed by atoms with Gasteiger partial charge in [-0.15, -0.1) is 0 Å². The maximum atomic E-state index is 12.9. The van der Waals surface area contributed by atoms with Gasteiger partial charge in [0.25, 0.3) is 5.91 Å². The lowest BCUT2D eigenvalue weighted by Gasteiger charge is -2.27. The van der Waals surface area contributed by atoms with Crippen molar-refractivity contribution in [2.24, 2.45) is 11.8 Å². The van der Waals surface area contributed by atoms with E-state index in [0.717, 1.165) is 29.0 Å². The van der Waals surface area contributed by atoms with E-state index in [-0.39, 0.29) is 35.3 Å². The van der Waals surface area contributed by atoms with Gasteiger partial charge < -0.3 is 5.32 Å². The van der Waals surface area contributed by atoms with Crippen LogP contribution in [0.2, 0.25) is 0 Å². The minimum absolute atomic E-state index is 0.00593. The zero-order chi connectivity index (χ0) is 25.4. The Morgan fingerprint density at radius 1 is 1.17 bits per heavy atom. The van der Waals surface area contributed by atoms with Gasteiger partial charge in [-0.2, -0.15) is 13.2 Å². The number of rotatable bonds is 6. The Hall–Kier alpha value is -2.46. The molecule has 2 aliphatic rings. The maximum absolute atomic E-state index is 12.9. The molecule has 0 bridgehead atoms. The minimum Gasteiger partial charge on any atom is -0.352 e. The van der Waals surface area contributed by atoms with Crippen molar-refractivity contribution in [2.75, 3.05) is 18.1 Å². The number of sulfone groups is 1. The van der Waals surface area contributed by atoms with E-state index in [1.165, 1.54) is 12.1 Å². The van der Waals surface area contributed by atoms with E-state index in [9.17, 15) is 26.4 Å². The average molecular weight is 510 g/mol. The number of benzene rings is 1. The Bertz CT molecular complexity index is 1170. The first-order valence-corrected chi connectivity index (χ1v) is 13.6. The van der Waals surface area contributed by atoms with E-state index >= 15 is 0 Å². The topological polar surface area (TPSA) is 79.4 Å². The molecular weight excluding hydrogens is 479 g/mol. The molecule has 0 aliphatic carbocycles. The molecule has 1 fully saturated rings. The Labute approximate surface area is 203 Å². The van der Waals surface area contributed by atoms with Gasteiger partial charge >= 0.3 is 6.18 Å². The molecule has 6 nitrogen and oxygen atoms in total. The van der Waals surface area contributed by atoms with E-state index in [2.05, 4.69) is 29.0 Å². The van der Waals surface area contributed by atoms with Gasteiger partial charge in [-0.25, -0.2) is 8.42 Å². The van der Waals surface area contributed by atoms with E-state index < -0.39 is 21.6 Å². The third-order valence-electron chi connectivity index (χ3n) is 6.83. The molecule has 10 heteroatoms. The summed E-state index contributed by atoms with van der Waals surface area (Å²) in [5.41, 5.74) is 2.39. The smallest absolute Gasteiger partial charge is 0.352 e. The number of hydrogen-bond donors (Lipinski definition) is 1. The highest BCUT2D eigenvalue weighted by Gasteiger charge is 2.35. The van der Waals surface area contributed by atoms with Crippen LogP contribution in [0.5, 0.6) is 0 Å². The van der Waals surface area contributed by atoms with E-state index in [1.807, 2.05) is 6.07 Å². The Morgan fingerprint density at radius 2 is 1.83 bits per heavy atom. The number of carbonyl (C=O) groups excluding carboxylic acids is 1. The second-order valence-electron chi connectivity index (χ2n) is 9.86. The SMILES string of the molecule is CC(C)[C@H]1c2ncc(C(=O)NCC3CCS(=O)(=O)CC3)cc2CN1Cc1ccc(C(F)(F)F)cc1. The Kier molecular flexibility index (Phi) is 7.24. The van der Waals surface area contributed by atoms with Crippen molar-refractivity contribution in [2.45, 2.75) is 52.0 Å². The molecule has 1 N–H and O–H groups in total. The van der Waals surface area contributed by atoms with Crippen LogP contribution in [0, 0.1) is 11.8 Å². The van der Waals surface area contributed by atoms with Gasteiger partial charge in [-0.3, -0.25) is 14.7 Å². The first kappa shape index (κ1) is 25.6. The van der Waals surface area contributed by atoms with Crippen LogP contribution in [0.25, 0.3) is 0 Å². The summed E-state index contributed by atoms with van der Waals surface area (Å²) in [5, 5.41) is 2.91. The van der Waals surface area contributed by atoms with E-state index in [1.54, 1.807) is 6.20 Å². The average Bonchev–Trinajstić information content (AvgIpc) is 3.15. The van der Waals surface area contributed by atoms with E-state index in [0.29, 0.717) is 38.0 Å². The number of fused-ring (bicyclic) bond motifs is 1. The number of alkyl halides is 3. The van der Waals surface area contributed by atoms with Crippen molar-refractivity contribution in [3.63, 3.8) is 0 Å². The molecule has 1 atom stereocenters. The lowest BCUT2D eigenvalue weighted by Crippen LogP contribution is -2.34. The van der Waals surface area contributed by atoms with Crippen LogP contribution < -0.4 is 5.32 Å². The summed E-state index contributed by atoms with van der Waals surface area (Å²) in [7, 11) is -2.94. The molecule has 2 aliphatic heterocycles. The number of halogens is 3. The largest absolute Gasteiger partial charge is 0.416 e. The van der Waals surface area contributed by atoms with Crippen molar-refractivity contribution in [3.8, 4) is 0 Å². The monoisotopic (exact) mass is 509 g/mol. The van der Waals surface area contributed by atoms with Crippen LogP contribution in [0.4, 0.5) is 13.2 Å². The fourth-order valence-corrected chi connectivity index (χ4v) is 6.52. The summed E-state index contributed by atoms with van der Waals surface area (Å²) in [5.74, 6) is 0.462. The number of nitrogens with zero attached hydrogens (tertiary/aromatic N) is 2. The summed E-state index contributed by atoms with van der Waals surface area (Å²) in [6, 6.07) is 7.05. The van der Waals surface area contributed by atoms with Crippen LogP contribution in [0.1, 0.15) is 65.5 Å². The lowest BCUT2D eigenvalue weighted by molar-refractivity contribution is -0.137. The quantitative estimate of drug-likeness (QED) is 0.626. The number of hydrogen-bond acceptors (Lipinski definition) is 5. The molecule has 4 rings (SSSR count). The molecule has 1 amide bonds. The fraction of sp³-hybridized carbons (Fsp3) is 0.520. The minimum atomic E-state index is -4.36. The molecule has 1 aromatic heterocycles. The zero-order valence-corrected chi connectivity index (χ0v) is 20.6. The van der Waals surface area contributed by atoms with Gasteiger partial charge in [0.05, 0.1) is 34.4 Å². The highest BCUT2D eigenvalue weighted by Crippen LogP contribution is 2.39.